The quantitative estimate of drug-likeness (QED) is 0.614. The third-order valence-electron chi connectivity index (χ3n) is 6.94. The number of hydrogen-bond acceptors (Lipinski definition) is 4. The van der Waals surface area contributed by atoms with Crippen molar-refractivity contribution in [3.63, 3.8) is 0 Å². The van der Waals surface area contributed by atoms with Gasteiger partial charge in [-0.15, -0.1) is 11.3 Å². The van der Waals surface area contributed by atoms with Crippen LogP contribution in [0.25, 0.3) is 10.2 Å². The molecule has 2 N–H and O–H groups in total. The van der Waals surface area contributed by atoms with E-state index in [9.17, 15) is 9.59 Å². The van der Waals surface area contributed by atoms with E-state index in [1.165, 1.54) is 41.7 Å². The number of rotatable bonds is 6. The highest BCUT2D eigenvalue weighted by Gasteiger charge is 2.31. The maximum absolute atomic E-state index is 12.8. The third-order valence-corrected chi connectivity index (χ3v) is 8.08. The van der Waals surface area contributed by atoms with Gasteiger partial charge in [0.15, 0.2) is 0 Å². The van der Waals surface area contributed by atoms with E-state index in [0.29, 0.717) is 31.1 Å². The number of aromatic amines is 1. The number of carbonyl (C=O) groups excluding carboxylic acids is 1. The van der Waals surface area contributed by atoms with Crippen LogP contribution in [0, 0.1) is 11.3 Å². The molecule has 2 aliphatic carbocycles. The molecule has 5 nitrogen and oxygen atoms in total. The summed E-state index contributed by atoms with van der Waals surface area (Å²) in [7, 11) is 0. The molecule has 0 saturated carbocycles. The van der Waals surface area contributed by atoms with Crippen molar-refractivity contribution in [1.82, 2.24) is 15.3 Å². The van der Waals surface area contributed by atoms with Crippen LogP contribution < -0.4 is 10.9 Å². The van der Waals surface area contributed by atoms with Crippen LogP contribution in [0.5, 0.6) is 0 Å². The lowest BCUT2D eigenvalue weighted by Gasteiger charge is -2.33. The van der Waals surface area contributed by atoms with Gasteiger partial charge in [-0.1, -0.05) is 32.4 Å². The second-order valence-electron chi connectivity index (χ2n) is 10.2. The van der Waals surface area contributed by atoms with Gasteiger partial charge in [0, 0.05) is 24.3 Å². The number of aryl methyl sites for hydroxylation is 2. The number of carbonyl (C=O) groups is 1. The van der Waals surface area contributed by atoms with Gasteiger partial charge in [-0.05, 0) is 68.3 Å². The fourth-order valence-electron chi connectivity index (χ4n) is 4.90. The molecule has 0 bridgehead atoms. The molecule has 6 heteroatoms. The lowest BCUT2D eigenvalue weighted by Crippen LogP contribution is -2.26. The predicted octanol–water partition coefficient (Wildman–Crippen LogP) is 5.07. The van der Waals surface area contributed by atoms with E-state index in [4.69, 9.17) is 4.98 Å². The lowest BCUT2D eigenvalue weighted by molar-refractivity contribution is -0.121. The Bertz CT molecular complexity index is 1040. The first-order valence-corrected chi connectivity index (χ1v) is 12.6. The van der Waals surface area contributed by atoms with Crippen molar-refractivity contribution in [2.24, 2.45) is 11.3 Å². The second-order valence-corrected chi connectivity index (χ2v) is 11.3. The number of fused-ring (bicyclic) bond motifs is 3. The first kappa shape index (κ1) is 22.3. The standard InChI is InChI=1S/C25H35N3O2S/c1-25(2,3)17-9-10-18-19(15-17)31-24-22(18)23(30)27-20(28-24)11-12-21(29)26-14-13-16-7-5-4-6-8-16/h7,17H,4-6,8-15H2,1-3H3,(H,26,29)(H,27,28,30)/t17-/m1/s1. The van der Waals surface area contributed by atoms with Gasteiger partial charge in [-0.3, -0.25) is 9.59 Å². The van der Waals surface area contributed by atoms with Crippen LogP contribution in [-0.2, 0) is 24.1 Å². The van der Waals surface area contributed by atoms with Gasteiger partial charge in [0.05, 0.1) is 5.39 Å². The first-order valence-electron chi connectivity index (χ1n) is 11.8. The number of nitrogens with one attached hydrogen (secondary N) is 2. The molecule has 31 heavy (non-hydrogen) atoms. The van der Waals surface area contributed by atoms with E-state index in [1.54, 1.807) is 11.3 Å². The molecule has 1 amide bonds. The molecule has 0 saturated heterocycles. The maximum atomic E-state index is 12.8. The minimum Gasteiger partial charge on any atom is -0.356 e. The normalized spacial score (nSPS) is 19.2. The Morgan fingerprint density at radius 2 is 2.10 bits per heavy atom. The average Bonchev–Trinajstić information content (AvgIpc) is 3.10. The zero-order valence-corrected chi connectivity index (χ0v) is 19.9. The van der Waals surface area contributed by atoms with Gasteiger partial charge in [-0.2, -0.15) is 0 Å². The van der Waals surface area contributed by atoms with Crippen molar-refractivity contribution in [3.05, 3.63) is 38.3 Å². The summed E-state index contributed by atoms with van der Waals surface area (Å²) in [6.07, 6.45) is 12.1. The molecule has 2 aromatic heterocycles. The summed E-state index contributed by atoms with van der Waals surface area (Å²) in [4.78, 5) is 34.9. The molecule has 0 aromatic carbocycles. The summed E-state index contributed by atoms with van der Waals surface area (Å²) >= 11 is 1.67. The number of thiophene rings is 1. The zero-order chi connectivity index (χ0) is 22.0. The van der Waals surface area contributed by atoms with Gasteiger partial charge in [0.2, 0.25) is 5.91 Å². The topological polar surface area (TPSA) is 74.8 Å². The number of H-pyrrole nitrogens is 1. The Labute approximate surface area is 188 Å². The molecule has 168 valence electrons. The van der Waals surface area contributed by atoms with E-state index >= 15 is 0 Å². The molecule has 0 radical (unpaired) electrons. The van der Waals surface area contributed by atoms with Crippen molar-refractivity contribution in [2.75, 3.05) is 6.54 Å². The summed E-state index contributed by atoms with van der Waals surface area (Å²) in [6.45, 7) is 7.60. The highest BCUT2D eigenvalue weighted by molar-refractivity contribution is 7.18. The fourth-order valence-corrected chi connectivity index (χ4v) is 6.22. The van der Waals surface area contributed by atoms with E-state index < -0.39 is 0 Å². The lowest BCUT2D eigenvalue weighted by atomic mass is 9.72. The Balaban J connectivity index is 1.37. The molecule has 4 rings (SSSR count). The molecule has 0 fully saturated rings. The Morgan fingerprint density at radius 1 is 1.26 bits per heavy atom. The SMILES string of the molecule is CC(C)(C)[C@@H]1CCc2c(sc3nc(CCC(=O)NCCC4=CCCCC4)[nH]c(=O)c23)C1. The number of nitrogens with zero attached hydrogens (tertiary/aromatic N) is 1. The molecule has 0 spiro atoms. The number of hydrogen-bond donors (Lipinski definition) is 2. The Kier molecular flexibility index (Phi) is 6.65. The molecular weight excluding hydrogens is 406 g/mol. The number of aromatic nitrogens is 2. The minimum atomic E-state index is -0.0450. The van der Waals surface area contributed by atoms with E-state index in [2.05, 4.69) is 37.1 Å². The maximum Gasteiger partial charge on any atom is 0.259 e. The second kappa shape index (κ2) is 9.27. The Hall–Kier alpha value is -1.95. The average molecular weight is 442 g/mol. The fraction of sp³-hybridized carbons (Fsp3) is 0.640. The van der Waals surface area contributed by atoms with Crippen LogP contribution >= 0.6 is 11.3 Å². The first-order chi connectivity index (χ1) is 14.8. The molecule has 1 atom stereocenters. The van der Waals surface area contributed by atoms with Gasteiger partial charge in [0.25, 0.3) is 5.56 Å². The van der Waals surface area contributed by atoms with Crippen LogP contribution in [0.2, 0.25) is 0 Å². The van der Waals surface area contributed by atoms with Crippen molar-refractivity contribution < 1.29 is 4.79 Å². The monoisotopic (exact) mass is 441 g/mol. The smallest absolute Gasteiger partial charge is 0.259 e. The summed E-state index contributed by atoms with van der Waals surface area (Å²) < 4.78 is 0. The van der Waals surface area contributed by atoms with Crippen LogP contribution in [0.1, 0.15) is 82.0 Å². The molecule has 2 aliphatic rings. The minimum absolute atomic E-state index is 0.0256. The van der Waals surface area contributed by atoms with Crippen LogP contribution in [0.15, 0.2) is 16.4 Å². The van der Waals surface area contributed by atoms with Crippen molar-refractivity contribution in [3.8, 4) is 0 Å². The van der Waals surface area contributed by atoms with Crippen LogP contribution in [-0.4, -0.2) is 22.4 Å². The van der Waals surface area contributed by atoms with Crippen LogP contribution in [0.3, 0.4) is 0 Å². The predicted molar refractivity (Wildman–Crippen MR) is 128 cm³/mol. The summed E-state index contributed by atoms with van der Waals surface area (Å²) in [5.74, 6) is 1.28. The summed E-state index contributed by atoms with van der Waals surface area (Å²) in [6, 6.07) is 0. The number of allylic oxidation sites excluding steroid dienone is 1. The van der Waals surface area contributed by atoms with Crippen molar-refractivity contribution in [2.45, 2.75) is 85.0 Å². The van der Waals surface area contributed by atoms with Crippen LogP contribution in [0.4, 0.5) is 0 Å². The molecule has 0 unspecified atom stereocenters. The summed E-state index contributed by atoms with van der Waals surface area (Å²) in [5, 5.41) is 3.79. The zero-order valence-electron chi connectivity index (χ0n) is 19.1. The van der Waals surface area contributed by atoms with Gasteiger partial charge >= 0.3 is 0 Å². The van der Waals surface area contributed by atoms with Gasteiger partial charge < -0.3 is 10.3 Å². The highest BCUT2D eigenvalue weighted by atomic mass is 32.1. The van der Waals surface area contributed by atoms with Crippen molar-refractivity contribution >= 4 is 27.5 Å². The molecule has 2 heterocycles. The third kappa shape index (κ3) is 5.28. The summed E-state index contributed by atoms with van der Waals surface area (Å²) in [5.41, 5.74) is 2.91. The largest absolute Gasteiger partial charge is 0.356 e. The van der Waals surface area contributed by atoms with E-state index in [1.807, 2.05) is 0 Å². The highest BCUT2D eigenvalue weighted by Crippen LogP contribution is 2.41. The molecule has 0 aliphatic heterocycles. The number of amides is 1. The molecule has 2 aromatic rings. The Morgan fingerprint density at radius 3 is 2.84 bits per heavy atom. The van der Waals surface area contributed by atoms with Gasteiger partial charge in [-0.25, -0.2) is 4.98 Å². The van der Waals surface area contributed by atoms with Crippen molar-refractivity contribution in [1.29, 1.82) is 0 Å². The van der Waals surface area contributed by atoms with Gasteiger partial charge in [0.1, 0.15) is 10.7 Å². The molecular formula is C25H35N3O2S. The van der Waals surface area contributed by atoms with E-state index in [0.717, 1.165) is 35.9 Å². The van der Waals surface area contributed by atoms with E-state index in [-0.39, 0.29) is 16.9 Å².